The van der Waals surface area contributed by atoms with Crippen molar-refractivity contribution in [3.63, 3.8) is 0 Å². The second-order valence-electron chi connectivity index (χ2n) is 2.97. The van der Waals surface area contributed by atoms with E-state index in [1.54, 1.807) is 6.92 Å². The Morgan fingerprint density at radius 3 is 2.71 bits per heavy atom. The van der Waals surface area contributed by atoms with Gasteiger partial charge in [-0.3, -0.25) is 9.59 Å². The third-order valence-corrected chi connectivity index (χ3v) is 1.69. The third kappa shape index (κ3) is 6.46. The molecule has 0 aromatic heterocycles. The first-order chi connectivity index (χ1) is 7.81. The average Bonchev–Trinajstić information content (AvgIpc) is 2.16. The summed E-state index contributed by atoms with van der Waals surface area (Å²) in [5.74, 6) is -1.46. The number of rotatable bonds is 6. The Balaban J connectivity index is 4.33. The SMILES string of the molecule is [2H]C([2H])([2H])C(=O)N[C@@H](CCC)CC(=O)OCC. The molecule has 1 amide bonds. The molecule has 4 heteroatoms. The highest BCUT2D eigenvalue weighted by atomic mass is 16.5. The van der Waals surface area contributed by atoms with Gasteiger partial charge in [-0.05, 0) is 13.3 Å². The molecular weight excluding hydrogens is 182 g/mol. The van der Waals surface area contributed by atoms with Crippen LogP contribution >= 0.6 is 0 Å². The molecule has 0 spiro atoms. The van der Waals surface area contributed by atoms with Crippen LogP contribution in [0.5, 0.6) is 0 Å². The first-order valence-electron chi connectivity index (χ1n) is 6.27. The molecule has 0 aliphatic heterocycles. The van der Waals surface area contributed by atoms with Crippen molar-refractivity contribution in [2.75, 3.05) is 6.61 Å². The van der Waals surface area contributed by atoms with Crippen LogP contribution in [0.2, 0.25) is 0 Å². The lowest BCUT2D eigenvalue weighted by atomic mass is 10.1. The van der Waals surface area contributed by atoms with E-state index in [0.717, 1.165) is 6.42 Å². The monoisotopic (exact) mass is 204 g/mol. The molecule has 0 radical (unpaired) electrons. The highest BCUT2D eigenvalue weighted by Gasteiger charge is 2.14. The lowest BCUT2D eigenvalue weighted by molar-refractivity contribution is -0.143. The molecule has 0 rings (SSSR count). The second-order valence-corrected chi connectivity index (χ2v) is 2.97. The van der Waals surface area contributed by atoms with E-state index in [1.165, 1.54) is 0 Å². The fraction of sp³-hybridized carbons (Fsp3) is 0.800. The molecule has 1 N–H and O–H groups in total. The molecule has 0 aliphatic carbocycles. The van der Waals surface area contributed by atoms with E-state index in [9.17, 15) is 9.59 Å². The molecule has 0 saturated heterocycles. The molecule has 82 valence electrons. The molecule has 14 heavy (non-hydrogen) atoms. The normalized spacial score (nSPS) is 16.0. The van der Waals surface area contributed by atoms with Gasteiger partial charge in [-0.1, -0.05) is 13.3 Å². The first-order valence-corrected chi connectivity index (χ1v) is 4.77. The summed E-state index contributed by atoms with van der Waals surface area (Å²) in [6.45, 7) is 1.17. The smallest absolute Gasteiger partial charge is 0.307 e. The topological polar surface area (TPSA) is 55.4 Å². The number of hydrogen-bond acceptors (Lipinski definition) is 3. The van der Waals surface area contributed by atoms with Crippen LogP contribution in [0.4, 0.5) is 0 Å². The van der Waals surface area contributed by atoms with E-state index in [1.807, 2.05) is 6.92 Å². The van der Waals surface area contributed by atoms with Gasteiger partial charge in [-0.15, -0.1) is 0 Å². The van der Waals surface area contributed by atoms with Crippen LogP contribution in [0.1, 0.15) is 44.1 Å². The fourth-order valence-corrected chi connectivity index (χ4v) is 1.18. The zero-order valence-corrected chi connectivity index (χ0v) is 8.63. The first kappa shape index (κ1) is 8.26. The number of carbonyl (C=O) groups excluding carboxylic acids is 2. The van der Waals surface area contributed by atoms with Crippen molar-refractivity contribution in [2.24, 2.45) is 0 Å². The Hall–Kier alpha value is -1.06. The van der Waals surface area contributed by atoms with Gasteiger partial charge in [0.1, 0.15) is 0 Å². The molecule has 0 aliphatic rings. The quantitative estimate of drug-likeness (QED) is 0.662. The molecule has 4 nitrogen and oxygen atoms in total. The van der Waals surface area contributed by atoms with Crippen molar-refractivity contribution < 1.29 is 18.4 Å². The van der Waals surface area contributed by atoms with Crippen LogP contribution in [-0.4, -0.2) is 24.5 Å². The standard InChI is InChI=1S/C10H19NO3/c1-4-6-9(11-8(3)12)7-10(13)14-5-2/h9H,4-7H2,1-3H3,(H,11,12)/t9-/m0/s1/i3D3. The molecule has 0 saturated carbocycles. The summed E-state index contributed by atoms with van der Waals surface area (Å²) in [7, 11) is 0. The molecule has 0 fully saturated rings. The van der Waals surface area contributed by atoms with Gasteiger partial charge in [0.2, 0.25) is 5.91 Å². The largest absolute Gasteiger partial charge is 0.466 e. The Kier molecular flexibility index (Phi) is 4.34. The van der Waals surface area contributed by atoms with Gasteiger partial charge in [0.25, 0.3) is 0 Å². The lowest BCUT2D eigenvalue weighted by Gasteiger charge is -2.15. The van der Waals surface area contributed by atoms with Crippen molar-refractivity contribution in [2.45, 2.75) is 46.0 Å². The predicted octanol–water partition coefficient (Wildman–Crippen LogP) is 1.24. The fourth-order valence-electron chi connectivity index (χ4n) is 1.18. The van der Waals surface area contributed by atoms with E-state index in [4.69, 9.17) is 8.85 Å². The maximum atomic E-state index is 11.3. The van der Waals surface area contributed by atoms with Gasteiger partial charge in [0, 0.05) is 17.0 Å². The van der Waals surface area contributed by atoms with Crippen LogP contribution in [0.15, 0.2) is 0 Å². The van der Waals surface area contributed by atoms with Gasteiger partial charge in [-0.25, -0.2) is 0 Å². The Bertz CT molecular complexity index is 266. The Morgan fingerprint density at radius 1 is 1.50 bits per heavy atom. The summed E-state index contributed by atoms with van der Waals surface area (Å²) in [6, 6.07) is -0.480. The average molecular weight is 204 g/mol. The second kappa shape index (κ2) is 7.35. The van der Waals surface area contributed by atoms with Crippen LogP contribution in [0.25, 0.3) is 0 Å². The van der Waals surface area contributed by atoms with Crippen LogP contribution in [-0.2, 0) is 14.3 Å². The minimum Gasteiger partial charge on any atom is -0.466 e. The van der Waals surface area contributed by atoms with Crippen LogP contribution < -0.4 is 5.32 Å². The van der Waals surface area contributed by atoms with Gasteiger partial charge in [-0.2, -0.15) is 0 Å². The summed E-state index contributed by atoms with van der Waals surface area (Å²) >= 11 is 0. The highest BCUT2D eigenvalue weighted by Crippen LogP contribution is 2.03. The van der Waals surface area contributed by atoms with E-state index in [-0.39, 0.29) is 13.0 Å². The van der Waals surface area contributed by atoms with Crippen molar-refractivity contribution in [3.8, 4) is 0 Å². The summed E-state index contributed by atoms with van der Waals surface area (Å²) in [5.41, 5.74) is 0. The maximum absolute atomic E-state index is 11.3. The molecule has 1 atom stereocenters. The molecule has 0 bridgehead atoms. The van der Waals surface area contributed by atoms with E-state index >= 15 is 0 Å². The van der Waals surface area contributed by atoms with E-state index in [0.29, 0.717) is 6.42 Å². The summed E-state index contributed by atoms with van der Waals surface area (Å²) in [5, 5.41) is 2.34. The summed E-state index contributed by atoms with van der Waals surface area (Å²) < 4.78 is 25.6. The van der Waals surface area contributed by atoms with Gasteiger partial charge >= 0.3 is 5.97 Å². The number of esters is 1. The molecule has 0 unspecified atom stereocenters. The van der Waals surface area contributed by atoms with Crippen LogP contribution in [0.3, 0.4) is 0 Å². The van der Waals surface area contributed by atoms with Gasteiger partial charge in [0.05, 0.1) is 13.0 Å². The maximum Gasteiger partial charge on any atom is 0.307 e. The molecule has 0 heterocycles. The highest BCUT2D eigenvalue weighted by molar-refractivity contribution is 5.75. The van der Waals surface area contributed by atoms with Crippen molar-refractivity contribution in [1.82, 2.24) is 5.32 Å². The number of ether oxygens (including phenoxy) is 1. The predicted molar refractivity (Wildman–Crippen MR) is 53.8 cm³/mol. The summed E-state index contributed by atoms with van der Waals surface area (Å²) in [4.78, 5) is 22.5. The Labute approximate surface area is 89.2 Å². The van der Waals surface area contributed by atoms with Crippen molar-refractivity contribution >= 4 is 11.9 Å². The number of amides is 1. The number of hydrogen-bond donors (Lipinski definition) is 1. The van der Waals surface area contributed by atoms with Crippen molar-refractivity contribution in [1.29, 1.82) is 0 Å². The number of carbonyl (C=O) groups is 2. The zero-order chi connectivity index (χ0) is 13.5. The van der Waals surface area contributed by atoms with E-state index < -0.39 is 24.8 Å². The van der Waals surface area contributed by atoms with Gasteiger partial charge < -0.3 is 10.1 Å². The lowest BCUT2D eigenvalue weighted by Crippen LogP contribution is -2.35. The minimum absolute atomic E-state index is 0.00347. The Morgan fingerprint density at radius 2 is 2.21 bits per heavy atom. The third-order valence-electron chi connectivity index (χ3n) is 1.69. The minimum atomic E-state index is -2.68. The van der Waals surface area contributed by atoms with Crippen molar-refractivity contribution in [3.05, 3.63) is 0 Å². The molecular formula is C10H19NO3. The number of nitrogens with one attached hydrogen (secondary N) is 1. The van der Waals surface area contributed by atoms with Crippen LogP contribution in [0, 0.1) is 0 Å². The summed E-state index contributed by atoms with van der Waals surface area (Å²) in [6.07, 6.45) is 1.29. The zero-order valence-electron chi connectivity index (χ0n) is 11.6. The molecule has 0 aromatic rings. The van der Waals surface area contributed by atoms with E-state index in [2.05, 4.69) is 5.32 Å². The molecule has 0 aromatic carbocycles. The van der Waals surface area contributed by atoms with Gasteiger partial charge in [0.15, 0.2) is 0 Å².